The largest absolute Gasteiger partial charge is 0.756 e. The van der Waals surface area contributed by atoms with E-state index in [1.807, 2.05) is 21.1 Å². The highest BCUT2D eigenvalue weighted by Gasteiger charge is 2.16. The number of phosphoric ester groups is 1. The number of nitrogens with zero attached hydrogens (tertiary/aromatic N) is 1. The third kappa shape index (κ3) is 34.4. The average Bonchev–Trinajstić information content (AvgIpc) is 2.98. The van der Waals surface area contributed by atoms with Crippen LogP contribution < -0.4 is 4.89 Å². The van der Waals surface area contributed by atoms with Crippen molar-refractivity contribution >= 4 is 13.8 Å². The molecule has 0 aromatic carbocycles. The maximum atomic E-state index is 11.9. The number of unbranched alkanes of at least 4 members (excludes halogenated alkanes) is 3. The minimum absolute atomic E-state index is 0.0192. The highest BCUT2D eigenvalue weighted by molar-refractivity contribution is 7.45. The van der Waals surface area contributed by atoms with Crippen LogP contribution in [-0.2, 0) is 23.1 Å². The van der Waals surface area contributed by atoms with Crippen molar-refractivity contribution in [1.82, 2.24) is 0 Å². The molecule has 0 radical (unpaired) electrons. The highest BCUT2D eigenvalue weighted by atomic mass is 31.2. The van der Waals surface area contributed by atoms with Crippen LogP contribution in [-0.4, -0.2) is 69.2 Å². The van der Waals surface area contributed by atoms with Gasteiger partial charge in [0.15, 0.2) is 0 Å². The number of likely N-dealkylation sites (N-methyl/N-ethyl adjacent to an activating group) is 1. The standard InChI is InChI=1S/C36H60NO7P/c1-5-6-7-8-9-10-11-12-13-14-15-16-17-18-19-20-21-22-23-24-25-26-27-28-29-30-36(39)42-33-35(38)34-44-45(40,41)43-32-31-37(2,3)4/h6-7,9-10,12-13,15-16,18-19,21-22,24-25,35,38H,5,8,11,14,17,20,23,26-34H2,1-4H3/b7-6-,10-9-,13-12-,16-15-,19-18-,22-21-,25-24-. The van der Waals surface area contributed by atoms with E-state index >= 15 is 0 Å². The number of hydrogen-bond acceptors (Lipinski definition) is 7. The van der Waals surface area contributed by atoms with Crippen LogP contribution in [0.3, 0.4) is 0 Å². The first kappa shape index (κ1) is 42.7. The molecule has 45 heavy (non-hydrogen) atoms. The number of esters is 1. The zero-order chi connectivity index (χ0) is 33.5. The summed E-state index contributed by atoms with van der Waals surface area (Å²) < 4.78 is 26.7. The lowest BCUT2D eigenvalue weighted by Gasteiger charge is -2.27. The minimum atomic E-state index is -4.51. The van der Waals surface area contributed by atoms with Gasteiger partial charge in [-0.1, -0.05) is 98.4 Å². The fourth-order valence-electron chi connectivity index (χ4n) is 3.57. The summed E-state index contributed by atoms with van der Waals surface area (Å²) in [5.41, 5.74) is 0. The Morgan fingerprint density at radius 1 is 0.711 bits per heavy atom. The lowest BCUT2D eigenvalue weighted by molar-refractivity contribution is -0.870. The van der Waals surface area contributed by atoms with E-state index in [0.717, 1.165) is 64.2 Å². The van der Waals surface area contributed by atoms with E-state index in [1.54, 1.807) is 0 Å². The Balaban J connectivity index is 3.70. The molecule has 0 rings (SSSR count). The Kier molecular flexibility index (Phi) is 27.6. The summed E-state index contributed by atoms with van der Waals surface area (Å²) in [7, 11) is 1.21. The van der Waals surface area contributed by atoms with Gasteiger partial charge in [0, 0.05) is 6.42 Å². The van der Waals surface area contributed by atoms with Crippen molar-refractivity contribution in [2.45, 2.75) is 90.1 Å². The third-order valence-electron chi connectivity index (χ3n) is 6.16. The van der Waals surface area contributed by atoms with Gasteiger partial charge in [0.2, 0.25) is 0 Å². The predicted octanol–water partition coefficient (Wildman–Crippen LogP) is 7.69. The molecule has 256 valence electrons. The van der Waals surface area contributed by atoms with Crippen LogP contribution in [0.25, 0.3) is 0 Å². The van der Waals surface area contributed by atoms with E-state index in [1.165, 1.54) is 0 Å². The van der Waals surface area contributed by atoms with E-state index in [0.29, 0.717) is 17.4 Å². The quantitative estimate of drug-likeness (QED) is 0.0305. The number of allylic oxidation sites excluding steroid dienone is 14. The van der Waals surface area contributed by atoms with Crippen LogP contribution in [0.15, 0.2) is 85.1 Å². The Bertz CT molecular complexity index is 990. The molecule has 0 aliphatic heterocycles. The van der Waals surface area contributed by atoms with Crippen molar-refractivity contribution in [1.29, 1.82) is 0 Å². The molecule has 0 saturated heterocycles. The highest BCUT2D eigenvalue weighted by Crippen LogP contribution is 2.38. The van der Waals surface area contributed by atoms with Gasteiger partial charge in [-0.05, 0) is 64.2 Å². The maximum Gasteiger partial charge on any atom is 0.305 e. The number of rotatable bonds is 28. The summed E-state index contributed by atoms with van der Waals surface area (Å²) >= 11 is 0. The second kappa shape index (κ2) is 29.1. The first-order chi connectivity index (χ1) is 21.6. The number of ether oxygens (including phenoxy) is 1. The summed E-state index contributed by atoms with van der Waals surface area (Å²) in [4.78, 5) is 23.6. The Hall–Kier alpha value is -2.32. The fraction of sp³-hybridized carbons (Fsp3) is 0.583. The van der Waals surface area contributed by atoms with Crippen molar-refractivity contribution in [2.24, 2.45) is 0 Å². The van der Waals surface area contributed by atoms with E-state index in [4.69, 9.17) is 9.26 Å². The van der Waals surface area contributed by atoms with E-state index in [-0.39, 0.29) is 19.6 Å². The molecule has 1 N–H and O–H groups in total. The molecule has 0 aromatic heterocycles. The molecule has 2 atom stereocenters. The predicted molar refractivity (Wildman–Crippen MR) is 184 cm³/mol. The Labute approximate surface area is 273 Å². The molecule has 0 saturated carbocycles. The molecule has 2 unspecified atom stereocenters. The Morgan fingerprint density at radius 2 is 1.18 bits per heavy atom. The number of aliphatic hydroxyl groups excluding tert-OH is 1. The molecular weight excluding hydrogens is 589 g/mol. The summed E-state index contributed by atoms with van der Waals surface area (Å²) in [6.45, 7) is 1.76. The number of carbonyl (C=O) groups excluding carboxylic acids is 1. The fourth-order valence-corrected chi connectivity index (χ4v) is 4.30. The van der Waals surface area contributed by atoms with Crippen LogP contribution in [0.2, 0.25) is 0 Å². The van der Waals surface area contributed by atoms with Gasteiger partial charge >= 0.3 is 5.97 Å². The third-order valence-corrected chi connectivity index (χ3v) is 7.12. The van der Waals surface area contributed by atoms with Crippen molar-refractivity contribution in [3.8, 4) is 0 Å². The molecule has 0 aliphatic rings. The van der Waals surface area contributed by atoms with E-state index < -0.39 is 26.5 Å². The van der Waals surface area contributed by atoms with Gasteiger partial charge in [-0.25, -0.2) is 0 Å². The molecule has 0 heterocycles. The lowest BCUT2D eigenvalue weighted by Crippen LogP contribution is -2.37. The van der Waals surface area contributed by atoms with Crippen molar-refractivity contribution < 1.29 is 37.6 Å². The van der Waals surface area contributed by atoms with Crippen molar-refractivity contribution in [2.75, 3.05) is 47.5 Å². The second-order valence-electron chi connectivity index (χ2n) is 11.6. The van der Waals surface area contributed by atoms with E-state index in [9.17, 15) is 19.4 Å². The average molecular weight is 650 g/mol. The first-order valence-corrected chi connectivity index (χ1v) is 17.8. The van der Waals surface area contributed by atoms with Gasteiger partial charge in [0.25, 0.3) is 7.82 Å². The monoisotopic (exact) mass is 649 g/mol. The Morgan fingerprint density at radius 3 is 1.64 bits per heavy atom. The molecular formula is C36H60NO7P. The first-order valence-electron chi connectivity index (χ1n) is 16.3. The number of carbonyl (C=O) groups is 1. The summed E-state index contributed by atoms with van der Waals surface area (Å²) in [5, 5.41) is 9.84. The topological polar surface area (TPSA) is 105 Å². The van der Waals surface area contributed by atoms with Gasteiger partial charge in [-0.3, -0.25) is 9.36 Å². The molecule has 0 amide bonds. The molecule has 0 aromatic rings. The smallest absolute Gasteiger partial charge is 0.305 e. The van der Waals surface area contributed by atoms with Crippen molar-refractivity contribution in [3.63, 3.8) is 0 Å². The second-order valence-corrected chi connectivity index (χ2v) is 13.1. The van der Waals surface area contributed by atoms with Gasteiger partial charge in [-0.15, -0.1) is 0 Å². The normalized spacial score (nSPS) is 15.2. The van der Waals surface area contributed by atoms with Crippen molar-refractivity contribution in [3.05, 3.63) is 85.1 Å². The van der Waals surface area contributed by atoms with Crippen LogP contribution >= 0.6 is 7.82 Å². The van der Waals surface area contributed by atoms with Gasteiger partial charge < -0.3 is 28.3 Å². The molecule has 0 fully saturated rings. The molecule has 8 nitrogen and oxygen atoms in total. The number of aliphatic hydroxyl groups is 1. The molecule has 0 bridgehead atoms. The zero-order valence-electron chi connectivity index (χ0n) is 28.3. The van der Waals surface area contributed by atoms with Crippen LogP contribution in [0.4, 0.5) is 0 Å². The lowest BCUT2D eigenvalue weighted by atomic mass is 10.1. The summed E-state index contributed by atoms with van der Waals surface area (Å²) in [6, 6.07) is 0. The summed E-state index contributed by atoms with van der Waals surface area (Å²) in [6.07, 6.45) is 40.1. The minimum Gasteiger partial charge on any atom is -0.756 e. The molecule has 9 heteroatoms. The van der Waals surface area contributed by atoms with Gasteiger partial charge in [-0.2, -0.15) is 0 Å². The van der Waals surface area contributed by atoms with Gasteiger partial charge in [0.1, 0.15) is 25.9 Å². The maximum absolute atomic E-state index is 11.9. The van der Waals surface area contributed by atoms with Crippen LogP contribution in [0.5, 0.6) is 0 Å². The molecule has 0 spiro atoms. The zero-order valence-corrected chi connectivity index (χ0v) is 29.2. The van der Waals surface area contributed by atoms with E-state index in [2.05, 4.69) is 96.5 Å². The summed E-state index contributed by atoms with van der Waals surface area (Å²) in [5.74, 6) is -0.424. The SMILES string of the molecule is CC/C=C\C/C=C\C/C=C\C/C=C\C/C=C\C/C=C\C/C=C\CCCCCC(=O)OCC(O)COP(=O)([O-])OCC[N+](C)(C)C. The molecule has 0 aliphatic carbocycles. The number of hydrogen-bond donors (Lipinski definition) is 1. The number of quaternary nitrogens is 1. The van der Waals surface area contributed by atoms with Crippen LogP contribution in [0.1, 0.15) is 84.0 Å². The van der Waals surface area contributed by atoms with Crippen LogP contribution in [0, 0.1) is 0 Å². The van der Waals surface area contributed by atoms with Gasteiger partial charge in [0.05, 0.1) is 27.7 Å². The number of phosphoric acid groups is 1.